The Morgan fingerprint density at radius 3 is 2.41 bits per heavy atom. The minimum absolute atomic E-state index is 0.0490. The number of hydrogen-bond donors (Lipinski definition) is 1. The van der Waals surface area contributed by atoms with Gasteiger partial charge in [-0.15, -0.1) is 0 Å². The number of unbranched alkanes of at least 4 members (excludes halogenated alkanes) is 1. The lowest BCUT2D eigenvalue weighted by Gasteiger charge is -2.14. The van der Waals surface area contributed by atoms with E-state index in [4.69, 9.17) is 5.11 Å². The van der Waals surface area contributed by atoms with Crippen LogP contribution in [0.4, 0.5) is 13.2 Å². The van der Waals surface area contributed by atoms with Crippen molar-refractivity contribution in [3.63, 3.8) is 0 Å². The van der Waals surface area contributed by atoms with Gasteiger partial charge in [-0.2, -0.15) is 13.2 Å². The zero-order valence-electron chi connectivity index (χ0n) is 17.7. The van der Waals surface area contributed by atoms with Crippen molar-refractivity contribution in [3.8, 4) is 0 Å². The number of carboxylic acid groups (broad SMARTS) is 1. The van der Waals surface area contributed by atoms with Gasteiger partial charge in [0.2, 0.25) is 0 Å². The van der Waals surface area contributed by atoms with Crippen molar-refractivity contribution in [2.24, 2.45) is 0 Å². The van der Waals surface area contributed by atoms with Gasteiger partial charge in [0, 0.05) is 17.5 Å². The summed E-state index contributed by atoms with van der Waals surface area (Å²) in [5, 5.41) is 8.99. The van der Waals surface area contributed by atoms with E-state index in [0.29, 0.717) is 18.5 Å². The van der Waals surface area contributed by atoms with Crippen molar-refractivity contribution in [2.45, 2.75) is 56.5 Å². The molecule has 0 unspecified atom stereocenters. The molecule has 0 spiro atoms. The highest BCUT2D eigenvalue weighted by atomic mass is 32.2. The SMILES string of the molecule is CC(C)c1cccc(S(=O)(=O)n2c(CCCCC(=O)O)cc3cc(C(F)(F)F)ccc32)c1. The summed E-state index contributed by atoms with van der Waals surface area (Å²) in [6.45, 7) is 3.87. The van der Waals surface area contributed by atoms with Crippen LogP contribution in [0.5, 0.6) is 0 Å². The van der Waals surface area contributed by atoms with Crippen LogP contribution in [0.25, 0.3) is 10.9 Å². The molecule has 0 saturated carbocycles. The summed E-state index contributed by atoms with van der Waals surface area (Å²) in [6.07, 6.45) is -3.69. The molecule has 0 radical (unpaired) electrons. The molecule has 1 heterocycles. The lowest BCUT2D eigenvalue weighted by atomic mass is 10.0. The highest BCUT2D eigenvalue weighted by Crippen LogP contribution is 2.34. The molecule has 32 heavy (non-hydrogen) atoms. The van der Waals surface area contributed by atoms with Crippen molar-refractivity contribution in [1.29, 1.82) is 0 Å². The molecule has 0 atom stereocenters. The molecule has 2 aromatic carbocycles. The monoisotopic (exact) mass is 467 g/mol. The third kappa shape index (κ3) is 4.98. The zero-order chi connectivity index (χ0) is 23.7. The van der Waals surface area contributed by atoms with Gasteiger partial charge in [0.15, 0.2) is 0 Å². The second kappa shape index (κ2) is 8.97. The summed E-state index contributed by atoms with van der Waals surface area (Å²) in [5.74, 6) is -0.866. The fraction of sp³-hybridized carbons (Fsp3) is 0.348. The summed E-state index contributed by atoms with van der Waals surface area (Å²) in [7, 11) is -4.09. The molecule has 0 fully saturated rings. The van der Waals surface area contributed by atoms with Crippen LogP contribution in [-0.4, -0.2) is 23.5 Å². The molecule has 3 rings (SSSR count). The molecule has 9 heteroatoms. The van der Waals surface area contributed by atoms with Crippen LogP contribution >= 0.6 is 0 Å². The van der Waals surface area contributed by atoms with Gasteiger partial charge in [0.25, 0.3) is 10.0 Å². The number of aromatic nitrogens is 1. The van der Waals surface area contributed by atoms with Crippen molar-refractivity contribution in [3.05, 3.63) is 65.4 Å². The number of aliphatic carboxylic acids is 1. The third-order valence-electron chi connectivity index (χ3n) is 5.29. The summed E-state index contributed by atoms with van der Waals surface area (Å²) in [5.41, 5.74) is 0.435. The van der Waals surface area contributed by atoms with Crippen LogP contribution in [-0.2, 0) is 27.4 Å². The first-order valence-electron chi connectivity index (χ1n) is 10.2. The van der Waals surface area contributed by atoms with Crippen LogP contribution < -0.4 is 0 Å². The molecule has 3 aromatic rings. The quantitative estimate of drug-likeness (QED) is 0.424. The largest absolute Gasteiger partial charge is 0.481 e. The number of alkyl halides is 3. The Hall–Kier alpha value is -2.81. The standard InChI is InChI=1S/C23H24F3NO4S/c1-15(2)16-6-5-8-20(14-16)32(30,31)27-19(7-3-4-9-22(28)29)13-17-12-18(23(24,25)26)10-11-21(17)27/h5-6,8,10-15H,3-4,7,9H2,1-2H3,(H,28,29). The number of rotatable bonds is 8. The molecule has 5 nitrogen and oxygen atoms in total. The first-order valence-corrected chi connectivity index (χ1v) is 11.6. The average molecular weight is 468 g/mol. The number of benzene rings is 2. The fourth-order valence-corrected chi connectivity index (χ4v) is 5.23. The van der Waals surface area contributed by atoms with Gasteiger partial charge in [-0.1, -0.05) is 26.0 Å². The number of carbonyl (C=O) groups is 1. The van der Waals surface area contributed by atoms with Crippen LogP contribution in [0.3, 0.4) is 0 Å². The van der Waals surface area contributed by atoms with Gasteiger partial charge in [-0.25, -0.2) is 12.4 Å². The summed E-state index contributed by atoms with van der Waals surface area (Å²) >= 11 is 0. The topological polar surface area (TPSA) is 76.4 Å². The second-order valence-electron chi connectivity index (χ2n) is 8.00. The molecule has 1 aromatic heterocycles. The van der Waals surface area contributed by atoms with E-state index in [1.807, 2.05) is 19.9 Å². The van der Waals surface area contributed by atoms with Crippen LogP contribution in [0, 0.1) is 0 Å². The Balaban J connectivity index is 2.14. The number of aryl methyl sites for hydroxylation is 1. The van der Waals surface area contributed by atoms with E-state index >= 15 is 0 Å². The van der Waals surface area contributed by atoms with E-state index in [2.05, 4.69) is 0 Å². The number of carboxylic acids is 1. The van der Waals surface area contributed by atoms with Crippen molar-refractivity contribution in [2.75, 3.05) is 0 Å². The zero-order valence-corrected chi connectivity index (χ0v) is 18.5. The summed E-state index contributed by atoms with van der Waals surface area (Å²) in [4.78, 5) is 10.8. The van der Waals surface area contributed by atoms with E-state index in [1.54, 1.807) is 12.1 Å². The third-order valence-corrected chi connectivity index (χ3v) is 7.05. The number of fused-ring (bicyclic) bond motifs is 1. The summed E-state index contributed by atoms with van der Waals surface area (Å²) in [6, 6.07) is 10.9. The summed E-state index contributed by atoms with van der Waals surface area (Å²) < 4.78 is 67.8. The lowest BCUT2D eigenvalue weighted by Crippen LogP contribution is -2.16. The molecule has 0 aliphatic heterocycles. The average Bonchev–Trinajstić information content (AvgIpc) is 3.08. The number of halogens is 3. The second-order valence-corrected chi connectivity index (χ2v) is 9.79. The maximum absolute atomic E-state index is 13.6. The van der Waals surface area contributed by atoms with Gasteiger partial charge < -0.3 is 5.11 Å². The molecule has 0 amide bonds. The van der Waals surface area contributed by atoms with Crippen molar-refractivity contribution >= 4 is 26.9 Å². The van der Waals surface area contributed by atoms with Gasteiger partial charge >= 0.3 is 12.1 Å². The molecule has 172 valence electrons. The van der Waals surface area contributed by atoms with Gasteiger partial charge in [0.1, 0.15) is 0 Å². The fourth-order valence-electron chi connectivity index (χ4n) is 3.60. The maximum Gasteiger partial charge on any atom is 0.416 e. The van der Waals surface area contributed by atoms with E-state index in [-0.39, 0.29) is 34.6 Å². The van der Waals surface area contributed by atoms with Crippen molar-refractivity contribution < 1.29 is 31.5 Å². The van der Waals surface area contributed by atoms with Crippen LogP contribution in [0.1, 0.15) is 55.8 Å². The Bertz CT molecular complexity index is 1240. The Morgan fingerprint density at radius 1 is 1.06 bits per heavy atom. The molecular weight excluding hydrogens is 443 g/mol. The van der Waals surface area contributed by atoms with Crippen molar-refractivity contribution in [1.82, 2.24) is 3.97 Å². The molecule has 0 bridgehead atoms. The van der Waals surface area contributed by atoms with E-state index in [9.17, 15) is 26.4 Å². The normalized spacial score (nSPS) is 12.6. The maximum atomic E-state index is 13.6. The Morgan fingerprint density at radius 2 is 1.78 bits per heavy atom. The van der Waals surface area contributed by atoms with Crippen LogP contribution in [0.2, 0.25) is 0 Å². The van der Waals surface area contributed by atoms with E-state index in [1.165, 1.54) is 18.2 Å². The van der Waals surface area contributed by atoms with E-state index < -0.39 is 27.7 Å². The molecular formula is C23H24F3NO4S. The predicted molar refractivity (Wildman–Crippen MR) is 115 cm³/mol. The predicted octanol–water partition coefficient (Wildman–Crippen LogP) is 5.82. The molecule has 1 N–H and O–H groups in total. The van der Waals surface area contributed by atoms with Gasteiger partial charge in [-0.05, 0) is 67.1 Å². The lowest BCUT2D eigenvalue weighted by molar-refractivity contribution is -0.138. The highest BCUT2D eigenvalue weighted by molar-refractivity contribution is 7.90. The Kier molecular flexibility index (Phi) is 6.69. The first-order chi connectivity index (χ1) is 14.9. The first kappa shape index (κ1) is 23.8. The molecule has 0 saturated heterocycles. The highest BCUT2D eigenvalue weighted by Gasteiger charge is 2.32. The minimum atomic E-state index is -4.55. The molecule has 0 aliphatic carbocycles. The smallest absolute Gasteiger partial charge is 0.416 e. The minimum Gasteiger partial charge on any atom is -0.481 e. The van der Waals surface area contributed by atoms with Crippen LogP contribution in [0.15, 0.2) is 53.4 Å². The Labute approximate surface area is 184 Å². The van der Waals surface area contributed by atoms with Gasteiger partial charge in [0.05, 0.1) is 16.0 Å². The van der Waals surface area contributed by atoms with E-state index in [0.717, 1.165) is 21.7 Å². The van der Waals surface area contributed by atoms with Gasteiger partial charge in [-0.3, -0.25) is 4.79 Å². The molecule has 0 aliphatic rings. The number of nitrogens with zero attached hydrogens (tertiary/aromatic N) is 1. The number of hydrogen-bond acceptors (Lipinski definition) is 3.